The molecule has 1 aromatic rings. The molecule has 3 N–H and O–H groups in total. The molecule has 1 unspecified atom stereocenters. The highest BCUT2D eigenvalue weighted by Crippen LogP contribution is 2.27. The van der Waals surface area contributed by atoms with E-state index in [0.29, 0.717) is 0 Å². The summed E-state index contributed by atoms with van der Waals surface area (Å²) < 4.78 is 13.0. The Bertz CT molecular complexity index is 756. The minimum absolute atomic E-state index is 0.168. The molecule has 0 fully saturated rings. The van der Waals surface area contributed by atoms with Crippen LogP contribution in [0, 0.1) is 5.82 Å². The first-order valence-electron chi connectivity index (χ1n) is 8.32. The van der Waals surface area contributed by atoms with Gasteiger partial charge in [-0.3, -0.25) is 10.4 Å². The van der Waals surface area contributed by atoms with Crippen LogP contribution < -0.4 is 16.1 Å². The van der Waals surface area contributed by atoms with E-state index in [-0.39, 0.29) is 12.0 Å². The molecule has 0 amide bonds. The van der Waals surface area contributed by atoms with Crippen LogP contribution in [0.15, 0.2) is 83.9 Å². The fourth-order valence-corrected chi connectivity index (χ4v) is 2.93. The lowest BCUT2D eigenvalue weighted by Gasteiger charge is -2.20. The first-order chi connectivity index (χ1) is 12.2. The van der Waals surface area contributed by atoms with Crippen molar-refractivity contribution in [2.24, 2.45) is 0 Å². The number of nitrogens with one attached hydrogen (secondary N) is 3. The van der Waals surface area contributed by atoms with Crippen molar-refractivity contribution in [3.63, 3.8) is 0 Å². The van der Waals surface area contributed by atoms with Crippen LogP contribution in [0.5, 0.6) is 0 Å². The van der Waals surface area contributed by atoms with Crippen molar-refractivity contribution in [3.8, 4) is 0 Å². The van der Waals surface area contributed by atoms with E-state index in [0.717, 1.165) is 12.1 Å². The van der Waals surface area contributed by atoms with Gasteiger partial charge in [0, 0.05) is 25.9 Å². The largest absolute Gasteiger partial charge is 0.368 e. The van der Waals surface area contributed by atoms with Crippen LogP contribution in [-0.2, 0) is 0 Å². The summed E-state index contributed by atoms with van der Waals surface area (Å²) in [6.45, 7) is 2.01. The lowest BCUT2D eigenvalue weighted by atomic mass is 9.98. The number of halogens is 1. The number of nitrogens with zero attached hydrogens (tertiary/aromatic N) is 1. The van der Waals surface area contributed by atoms with Crippen LogP contribution in [0.4, 0.5) is 10.1 Å². The Balaban J connectivity index is 1.69. The molecule has 0 aliphatic carbocycles. The second kappa shape index (κ2) is 7.75. The van der Waals surface area contributed by atoms with E-state index in [9.17, 15) is 4.39 Å². The van der Waals surface area contributed by atoms with Crippen LogP contribution in [0.1, 0.15) is 13.3 Å². The zero-order valence-electron chi connectivity index (χ0n) is 14.5. The Labute approximate surface area is 148 Å². The summed E-state index contributed by atoms with van der Waals surface area (Å²) in [4.78, 5) is 0. The van der Waals surface area contributed by atoms with Gasteiger partial charge in [-0.05, 0) is 60.2 Å². The number of benzene rings is 1. The Morgan fingerprint density at radius 3 is 2.84 bits per heavy atom. The molecule has 2 heterocycles. The maximum Gasteiger partial charge on any atom is 0.123 e. The van der Waals surface area contributed by atoms with Gasteiger partial charge in [-0.2, -0.15) is 0 Å². The zero-order chi connectivity index (χ0) is 17.6. The monoisotopic (exact) mass is 338 g/mol. The first-order valence-corrected chi connectivity index (χ1v) is 8.32. The SMILES string of the molecule is C/C=C\C(=C/N(C)Nc1ccc(F)cc1)CC1=CNC2NC=CC=C12. The van der Waals surface area contributed by atoms with Gasteiger partial charge in [-0.25, -0.2) is 4.39 Å². The van der Waals surface area contributed by atoms with Crippen LogP contribution in [0.25, 0.3) is 0 Å². The summed E-state index contributed by atoms with van der Waals surface area (Å²) in [6.07, 6.45) is 15.3. The summed E-state index contributed by atoms with van der Waals surface area (Å²) in [5.74, 6) is -0.239. The maximum atomic E-state index is 13.0. The molecule has 0 spiro atoms. The number of allylic oxidation sites excluding steroid dienone is 5. The molecule has 2 aliphatic heterocycles. The Kier molecular flexibility index (Phi) is 5.23. The number of dihydropyridines is 1. The quantitative estimate of drug-likeness (QED) is 0.545. The molecule has 0 radical (unpaired) electrons. The van der Waals surface area contributed by atoms with Crippen molar-refractivity contribution < 1.29 is 4.39 Å². The smallest absolute Gasteiger partial charge is 0.123 e. The Morgan fingerprint density at radius 2 is 2.08 bits per heavy atom. The molecule has 0 saturated heterocycles. The van der Waals surface area contributed by atoms with Crippen molar-refractivity contribution >= 4 is 5.69 Å². The molecule has 25 heavy (non-hydrogen) atoms. The van der Waals surface area contributed by atoms with Crippen molar-refractivity contribution in [2.45, 2.75) is 19.5 Å². The molecule has 1 atom stereocenters. The molecule has 0 bridgehead atoms. The zero-order valence-corrected chi connectivity index (χ0v) is 14.5. The van der Waals surface area contributed by atoms with Gasteiger partial charge in [0.25, 0.3) is 0 Å². The van der Waals surface area contributed by atoms with E-state index in [4.69, 9.17) is 0 Å². The van der Waals surface area contributed by atoms with Gasteiger partial charge in [-0.1, -0.05) is 18.2 Å². The van der Waals surface area contributed by atoms with Gasteiger partial charge in [-0.15, -0.1) is 0 Å². The van der Waals surface area contributed by atoms with Gasteiger partial charge < -0.3 is 10.6 Å². The van der Waals surface area contributed by atoms with Gasteiger partial charge in [0.15, 0.2) is 0 Å². The second-order valence-corrected chi connectivity index (χ2v) is 6.03. The maximum absolute atomic E-state index is 13.0. The highest BCUT2D eigenvalue weighted by atomic mass is 19.1. The Hall–Kier alpha value is -2.95. The highest BCUT2D eigenvalue weighted by molar-refractivity contribution is 5.47. The van der Waals surface area contributed by atoms with E-state index in [2.05, 4.69) is 34.4 Å². The van der Waals surface area contributed by atoms with E-state index >= 15 is 0 Å². The highest BCUT2D eigenvalue weighted by Gasteiger charge is 2.23. The van der Waals surface area contributed by atoms with Gasteiger partial charge >= 0.3 is 0 Å². The predicted octanol–water partition coefficient (Wildman–Crippen LogP) is 3.79. The summed E-state index contributed by atoms with van der Waals surface area (Å²) >= 11 is 0. The van der Waals surface area contributed by atoms with Crippen molar-refractivity contribution in [1.82, 2.24) is 15.6 Å². The van der Waals surface area contributed by atoms with E-state index in [1.807, 2.05) is 43.5 Å². The number of hydrogen-bond acceptors (Lipinski definition) is 4. The average molecular weight is 338 g/mol. The normalized spacial score (nSPS) is 19.0. The third kappa shape index (κ3) is 4.32. The molecule has 2 aliphatic rings. The second-order valence-electron chi connectivity index (χ2n) is 6.03. The number of anilines is 1. The van der Waals surface area contributed by atoms with E-state index in [1.165, 1.54) is 28.9 Å². The van der Waals surface area contributed by atoms with Crippen molar-refractivity contribution in [1.29, 1.82) is 0 Å². The topological polar surface area (TPSA) is 39.3 Å². The summed E-state index contributed by atoms with van der Waals surface area (Å²) in [6, 6.07) is 6.32. The lowest BCUT2D eigenvalue weighted by Crippen LogP contribution is -2.35. The molecular weight excluding hydrogens is 315 g/mol. The molecular formula is C20H23FN4. The molecule has 0 aromatic heterocycles. The van der Waals surface area contributed by atoms with Gasteiger partial charge in [0.1, 0.15) is 12.0 Å². The fraction of sp³-hybridized carbons (Fsp3) is 0.200. The minimum atomic E-state index is -0.239. The fourth-order valence-electron chi connectivity index (χ4n) is 2.93. The standard InChI is InChI=1S/C20H23FN4/c1-3-5-15(12-16-13-23-20-19(16)6-4-11-22-20)14-25(2)24-18-9-7-17(21)8-10-18/h3-11,13-14,20,22-24H,12H2,1-2H3/b5-3-,15-14+. The lowest BCUT2D eigenvalue weighted by molar-refractivity contribution is 0.546. The van der Waals surface area contributed by atoms with E-state index < -0.39 is 0 Å². The summed E-state index contributed by atoms with van der Waals surface area (Å²) in [7, 11) is 1.93. The molecule has 0 saturated carbocycles. The molecule has 1 aromatic carbocycles. The van der Waals surface area contributed by atoms with Crippen molar-refractivity contribution in [2.75, 3.05) is 12.5 Å². The number of rotatable bonds is 6. The molecule has 4 nitrogen and oxygen atoms in total. The Morgan fingerprint density at radius 1 is 1.28 bits per heavy atom. The average Bonchev–Trinajstić information content (AvgIpc) is 3.00. The number of hydrazine groups is 1. The molecule has 130 valence electrons. The van der Waals surface area contributed by atoms with Crippen LogP contribution in [0.2, 0.25) is 0 Å². The number of hydrogen-bond donors (Lipinski definition) is 3. The van der Waals surface area contributed by atoms with E-state index in [1.54, 1.807) is 12.1 Å². The van der Waals surface area contributed by atoms with Crippen LogP contribution in [-0.4, -0.2) is 18.2 Å². The number of fused-ring (bicyclic) bond motifs is 1. The summed E-state index contributed by atoms with van der Waals surface area (Å²) in [5, 5.41) is 8.52. The molecule has 3 rings (SSSR count). The van der Waals surface area contributed by atoms with Crippen LogP contribution >= 0.6 is 0 Å². The molecule has 5 heteroatoms. The van der Waals surface area contributed by atoms with Gasteiger partial charge in [0.2, 0.25) is 0 Å². The van der Waals surface area contributed by atoms with Crippen molar-refractivity contribution in [3.05, 3.63) is 89.7 Å². The third-order valence-corrected chi connectivity index (χ3v) is 4.03. The third-order valence-electron chi connectivity index (χ3n) is 4.03. The first kappa shape index (κ1) is 16.9. The minimum Gasteiger partial charge on any atom is -0.368 e. The van der Waals surface area contributed by atoms with Crippen LogP contribution in [0.3, 0.4) is 0 Å². The predicted molar refractivity (Wildman–Crippen MR) is 101 cm³/mol. The van der Waals surface area contributed by atoms with Gasteiger partial charge in [0.05, 0.1) is 5.69 Å². The summed E-state index contributed by atoms with van der Waals surface area (Å²) in [5.41, 5.74) is 7.77.